The molecule has 1 N–H and O–H groups in total. The summed E-state index contributed by atoms with van der Waals surface area (Å²) in [7, 11) is 0. The summed E-state index contributed by atoms with van der Waals surface area (Å²) < 4.78 is 0. The van der Waals surface area contributed by atoms with Crippen LogP contribution in [-0.4, -0.2) is 16.6 Å². The van der Waals surface area contributed by atoms with Crippen LogP contribution in [0.1, 0.15) is 18.9 Å². The molecule has 0 fully saturated rings. The molecule has 3 nitrogen and oxygen atoms in total. The van der Waals surface area contributed by atoms with E-state index < -0.39 is 0 Å². The molecule has 0 aliphatic rings. The molecule has 1 aromatic heterocycles. The number of nitrogens with one attached hydrogen (secondary N) is 1. The molecule has 2 aromatic carbocycles. The number of carbonyl (C=O) groups is 1. The van der Waals surface area contributed by atoms with Crippen molar-refractivity contribution < 1.29 is 4.79 Å². The third kappa shape index (κ3) is 4.15. The fourth-order valence-electron chi connectivity index (χ4n) is 2.58. The highest BCUT2D eigenvalue weighted by atomic mass is 32.2. The van der Waals surface area contributed by atoms with Crippen molar-refractivity contribution in [1.82, 2.24) is 4.98 Å². The van der Waals surface area contributed by atoms with Gasteiger partial charge in [-0.05, 0) is 36.2 Å². The Morgan fingerprint density at radius 1 is 1.08 bits per heavy atom. The molecule has 24 heavy (non-hydrogen) atoms. The molecule has 3 rings (SSSR count). The number of aryl methyl sites for hydroxylation is 1. The van der Waals surface area contributed by atoms with Crippen LogP contribution in [0.15, 0.2) is 65.7 Å². The van der Waals surface area contributed by atoms with Crippen LogP contribution in [0.25, 0.3) is 10.9 Å². The molecule has 4 heteroatoms. The predicted molar refractivity (Wildman–Crippen MR) is 102 cm³/mol. The van der Waals surface area contributed by atoms with Crippen molar-refractivity contribution >= 4 is 34.3 Å². The molecule has 0 spiro atoms. The topological polar surface area (TPSA) is 42.0 Å². The number of rotatable bonds is 6. The maximum Gasteiger partial charge on any atom is 0.234 e. The van der Waals surface area contributed by atoms with E-state index in [1.807, 2.05) is 42.5 Å². The SMILES string of the molecule is CCCc1ccc(NC(=O)CSc2ccnc3ccccc23)cc1. The summed E-state index contributed by atoms with van der Waals surface area (Å²) >= 11 is 1.54. The molecule has 0 saturated heterocycles. The number of hydrogen-bond donors (Lipinski definition) is 1. The van der Waals surface area contributed by atoms with Gasteiger partial charge >= 0.3 is 0 Å². The summed E-state index contributed by atoms with van der Waals surface area (Å²) in [5.74, 6) is 0.384. The zero-order valence-corrected chi connectivity index (χ0v) is 14.5. The van der Waals surface area contributed by atoms with Crippen LogP contribution in [0.4, 0.5) is 5.69 Å². The standard InChI is InChI=1S/C20H20N2OS/c1-2-5-15-8-10-16(11-9-15)22-20(23)14-24-19-12-13-21-18-7-4-3-6-17(18)19/h3-4,6-13H,2,5,14H2,1H3,(H,22,23). The molecule has 0 aliphatic carbocycles. The van der Waals surface area contributed by atoms with Crippen LogP contribution in [0, 0.1) is 0 Å². The van der Waals surface area contributed by atoms with Gasteiger partial charge in [0.1, 0.15) is 0 Å². The number of anilines is 1. The van der Waals surface area contributed by atoms with Gasteiger partial charge in [-0.25, -0.2) is 0 Å². The lowest BCUT2D eigenvalue weighted by Crippen LogP contribution is -2.13. The van der Waals surface area contributed by atoms with Crippen LogP contribution in [0.5, 0.6) is 0 Å². The lowest BCUT2D eigenvalue weighted by Gasteiger charge is -2.08. The maximum atomic E-state index is 12.2. The quantitative estimate of drug-likeness (QED) is 0.650. The summed E-state index contributed by atoms with van der Waals surface area (Å²) in [4.78, 5) is 17.6. The van der Waals surface area contributed by atoms with E-state index in [0.29, 0.717) is 5.75 Å². The molecule has 3 aromatic rings. The Bertz CT molecular complexity index is 825. The Balaban J connectivity index is 1.60. The van der Waals surface area contributed by atoms with Gasteiger partial charge in [0.25, 0.3) is 0 Å². The average Bonchev–Trinajstić information content (AvgIpc) is 2.62. The van der Waals surface area contributed by atoms with Gasteiger partial charge in [0.15, 0.2) is 0 Å². The lowest BCUT2D eigenvalue weighted by atomic mass is 10.1. The van der Waals surface area contributed by atoms with E-state index in [-0.39, 0.29) is 5.91 Å². The van der Waals surface area contributed by atoms with E-state index >= 15 is 0 Å². The number of para-hydroxylation sites is 1. The highest BCUT2D eigenvalue weighted by molar-refractivity contribution is 8.00. The molecule has 0 saturated carbocycles. The first-order valence-corrected chi connectivity index (χ1v) is 9.10. The van der Waals surface area contributed by atoms with Gasteiger partial charge in [0.05, 0.1) is 11.3 Å². The van der Waals surface area contributed by atoms with E-state index in [1.165, 1.54) is 17.3 Å². The van der Waals surface area contributed by atoms with Crippen molar-refractivity contribution in [2.24, 2.45) is 0 Å². The van der Waals surface area contributed by atoms with Gasteiger partial charge in [-0.15, -0.1) is 11.8 Å². The highest BCUT2D eigenvalue weighted by Gasteiger charge is 2.07. The molecular weight excluding hydrogens is 316 g/mol. The zero-order valence-electron chi connectivity index (χ0n) is 13.7. The maximum absolute atomic E-state index is 12.2. The largest absolute Gasteiger partial charge is 0.325 e. The number of carbonyl (C=O) groups excluding carboxylic acids is 1. The number of benzene rings is 2. The normalized spacial score (nSPS) is 10.7. The van der Waals surface area contributed by atoms with Crippen molar-refractivity contribution in [3.63, 3.8) is 0 Å². The van der Waals surface area contributed by atoms with Crippen LogP contribution in [0.2, 0.25) is 0 Å². The van der Waals surface area contributed by atoms with Gasteiger partial charge in [0, 0.05) is 22.2 Å². The molecule has 1 amide bonds. The van der Waals surface area contributed by atoms with E-state index in [9.17, 15) is 4.79 Å². The first kappa shape index (κ1) is 16.5. The molecule has 122 valence electrons. The van der Waals surface area contributed by atoms with Gasteiger partial charge in [-0.3, -0.25) is 9.78 Å². The number of fused-ring (bicyclic) bond motifs is 1. The second kappa shape index (κ2) is 7.97. The monoisotopic (exact) mass is 336 g/mol. The van der Waals surface area contributed by atoms with Gasteiger partial charge in [-0.1, -0.05) is 43.7 Å². The van der Waals surface area contributed by atoms with Gasteiger partial charge in [-0.2, -0.15) is 0 Å². The Morgan fingerprint density at radius 3 is 2.67 bits per heavy atom. The minimum atomic E-state index is 0.00383. The number of amides is 1. The molecule has 1 heterocycles. The fraction of sp³-hybridized carbons (Fsp3) is 0.200. The number of nitrogens with zero attached hydrogens (tertiary/aromatic N) is 1. The Hall–Kier alpha value is -2.33. The van der Waals surface area contributed by atoms with Gasteiger partial charge in [0.2, 0.25) is 5.91 Å². The van der Waals surface area contributed by atoms with Crippen molar-refractivity contribution in [1.29, 1.82) is 0 Å². The van der Waals surface area contributed by atoms with Crippen LogP contribution in [-0.2, 0) is 11.2 Å². The molecule has 0 bridgehead atoms. The molecular formula is C20H20N2OS. The summed E-state index contributed by atoms with van der Waals surface area (Å²) in [6, 6.07) is 18.0. The summed E-state index contributed by atoms with van der Waals surface area (Å²) in [5, 5.41) is 4.04. The second-order valence-electron chi connectivity index (χ2n) is 5.61. The third-order valence-electron chi connectivity index (χ3n) is 3.74. The molecule has 0 aliphatic heterocycles. The molecule has 0 radical (unpaired) electrons. The van der Waals surface area contributed by atoms with E-state index in [4.69, 9.17) is 0 Å². The van der Waals surface area contributed by atoms with Crippen molar-refractivity contribution in [2.75, 3.05) is 11.1 Å². The van der Waals surface area contributed by atoms with Crippen molar-refractivity contribution in [2.45, 2.75) is 24.7 Å². The number of pyridine rings is 1. The molecule has 0 atom stereocenters. The van der Waals surface area contributed by atoms with E-state index in [0.717, 1.165) is 34.3 Å². The van der Waals surface area contributed by atoms with Crippen molar-refractivity contribution in [3.8, 4) is 0 Å². The first-order chi connectivity index (χ1) is 11.8. The number of hydrogen-bond acceptors (Lipinski definition) is 3. The first-order valence-electron chi connectivity index (χ1n) is 8.11. The zero-order chi connectivity index (χ0) is 16.8. The predicted octanol–water partition coefficient (Wildman–Crippen LogP) is 4.92. The van der Waals surface area contributed by atoms with Crippen molar-refractivity contribution in [3.05, 3.63) is 66.4 Å². The highest BCUT2D eigenvalue weighted by Crippen LogP contribution is 2.26. The second-order valence-corrected chi connectivity index (χ2v) is 6.63. The minimum Gasteiger partial charge on any atom is -0.325 e. The summed E-state index contributed by atoms with van der Waals surface area (Å²) in [5.41, 5.74) is 3.10. The average molecular weight is 336 g/mol. The summed E-state index contributed by atoms with van der Waals surface area (Å²) in [6.07, 6.45) is 3.98. The Morgan fingerprint density at radius 2 is 1.88 bits per heavy atom. The Kier molecular flexibility index (Phi) is 5.49. The van der Waals surface area contributed by atoms with Crippen LogP contribution < -0.4 is 5.32 Å². The third-order valence-corrected chi connectivity index (χ3v) is 4.82. The minimum absolute atomic E-state index is 0.00383. The lowest BCUT2D eigenvalue weighted by molar-refractivity contribution is -0.113. The van der Waals surface area contributed by atoms with E-state index in [1.54, 1.807) is 6.20 Å². The fourth-order valence-corrected chi connectivity index (χ4v) is 3.42. The summed E-state index contributed by atoms with van der Waals surface area (Å²) in [6.45, 7) is 2.16. The smallest absolute Gasteiger partial charge is 0.234 e. The van der Waals surface area contributed by atoms with Crippen LogP contribution >= 0.6 is 11.8 Å². The Labute approximate surface area is 146 Å². The number of thioether (sulfide) groups is 1. The van der Waals surface area contributed by atoms with E-state index in [2.05, 4.69) is 29.4 Å². The van der Waals surface area contributed by atoms with Gasteiger partial charge < -0.3 is 5.32 Å². The molecule has 0 unspecified atom stereocenters. The van der Waals surface area contributed by atoms with Crippen LogP contribution in [0.3, 0.4) is 0 Å². The number of aromatic nitrogens is 1.